The Labute approximate surface area is 109 Å². The van der Waals surface area contributed by atoms with Crippen molar-refractivity contribution in [3.8, 4) is 5.75 Å². The van der Waals surface area contributed by atoms with E-state index in [0.29, 0.717) is 36.4 Å². The predicted molar refractivity (Wildman–Crippen MR) is 71.9 cm³/mol. The molecule has 0 unspecified atom stereocenters. The van der Waals surface area contributed by atoms with Gasteiger partial charge >= 0.3 is 5.97 Å². The molecular weight excluding hydrogens is 228 g/mol. The summed E-state index contributed by atoms with van der Waals surface area (Å²) in [6, 6.07) is 7.20. The van der Waals surface area contributed by atoms with Gasteiger partial charge in [0.05, 0.1) is 13.2 Å². The average Bonchev–Trinajstić information content (AvgIpc) is 2.33. The first-order valence-electron chi connectivity index (χ1n) is 6.39. The molecule has 0 saturated carbocycles. The third kappa shape index (κ3) is 4.78. The number of ether oxygens (including phenoxy) is 2. The molecule has 1 aromatic rings. The van der Waals surface area contributed by atoms with Gasteiger partial charge in [-0.25, -0.2) is 4.79 Å². The van der Waals surface area contributed by atoms with E-state index in [2.05, 4.69) is 13.8 Å². The van der Waals surface area contributed by atoms with Crippen LogP contribution >= 0.6 is 0 Å². The molecule has 0 aliphatic carbocycles. The molecule has 0 atom stereocenters. The molecule has 0 bridgehead atoms. The first-order chi connectivity index (χ1) is 8.50. The van der Waals surface area contributed by atoms with Crippen LogP contribution in [0.5, 0.6) is 5.75 Å². The zero-order valence-corrected chi connectivity index (χ0v) is 11.6. The second-order valence-electron chi connectivity index (χ2n) is 5.19. The van der Waals surface area contributed by atoms with Crippen LogP contribution in [0.4, 0.5) is 0 Å². The van der Waals surface area contributed by atoms with Gasteiger partial charge in [0.25, 0.3) is 0 Å². The van der Waals surface area contributed by atoms with Crippen molar-refractivity contribution in [1.29, 1.82) is 0 Å². The zero-order valence-electron chi connectivity index (χ0n) is 11.6. The van der Waals surface area contributed by atoms with E-state index in [1.54, 1.807) is 12.1 Å². The quantitative estimate of drug-likeness (QED) is 0.724. The summed E-state index contributed by atoms with van der Waals surface area (Å²) in [6.07, 6.45) is 0. The highest BCUT2D eigenvalue weighted by molar-refractivity contribution is 5.92. The molecule has 1 rings (SSSR count). The molecule has 0 spiro atoms. The maximum atomic E-state index is 11.9. The summed E-state index contributed by atoms with van der Waals surface area (Å²) in [5.41, 5.74) is 0.499. The number of benzene rings is 1. The van der Waals surface area contributed by atoms with Gasteiger partial charge in [-0.05, 0) is 24.0 Å². The molecule has 3 nitrogen and oxygen atoms in total. The van der Waals surface area contributed by atoms with Crippen LogP contribution in [0.1, 0.15) is 38.1 Å². The van der Waals surface area contributed by atoms with E-state index in [1.165, 1.54) is 0 Å². The third-order valence-corrected chi connectivity index (χ3v) is 2.23. The Morgan fingerprint density at radius 2 is 1.67 bits per heavy atom. The zero-order chi connectivity index (χ0) is 13.5. The Balaban J connectivity index is 2.71. The lowest BCUT2D eigenvalue weighted by atomic mass is 10.2. The molecule has 0 fully saturated rings. The van der Waals surface area contributed by atoms with Gasteiger partial charge in [0.2, 0.25) is 0 Å². The number of para-hydroxylation sites is 1. The van der Waals surface area contributed by atoms with E-state index in [0.717, 1.165) is 0 Å². The van der Waals surface area contributed by atoms with Gasteiger partial charge in [0.1, 0.15) is 11.3 Å². The molecule has 0 saturated heterocycles. The number of carbonyl (C=O) groups excluding carboxylic acids is 1. The normalized spacial score (nSPS) is 10.8. The lowest BCUT2D eigenvalue weighted by Gasteiger charge is -2.13. The summed E-state index contributed by atoms with van der Waals surface area (Å²) >= 11 is 0. The van der Waals surface area contributed by atoms with Gasteiger partial charge in [-0.2, -0.15) is 0 Å². The summed E-state index contributed by atoms with van der Waals surface area (Å²) in [5, 5.41) is 0. The number of esters is 1. The van der Waals surface area contributed by atoms with Crippen LogP contribution in [0, 0.1) is 11.8 Å². The fourth-order valence-corrected chi connectivity index (χ4v) is 1.34. The molecule has 3 heteroatoms. The van der Waals surface area contributed by atoms with Crippen LogP contribution in [0.3, 0.4) is 0 Å². The van der Waals surface area contributed by atoms with E-state index < -0.39 is 0 Å². The van der Waals surface area contributed by atoms with Crippen molar-refractivity contribution >= 4 is 5.97 Å². The summed E-state index contributed by atoms with van der Waals surface area (Å²) < 4.78 is 10.8. The smallest absolute Gasteiger partial charge is 0.341 e. The van der Waals surface area contributed by atoms with Crippen LogP contribution in [0.2, 0.25) is 0 Å². The standard InChI is InChI=1S/C15H22O3/c1-11(2)9-17-14-8-6-5-7-13(14)15(16)18-10-12(3)4/h5-8,11-12H,9-10H2,1-4H3. The summed E-state index contributed by atoms with van der Waals surface area (Å²) in [4.78, 5) is 11.9. The molecule has 1 aromatic carbocycles. The minimum Gasteiger partial charge on any atom is -0.492 e. The minimum absolute atomic E-state index is 0.317. The van der Waals surface area contributed by atoms with Crippen molar-refractivity contribution in [2.45, 2.75) is 27.7 Å². The maximum absolute atomic E-state index is 11.9. The Hall–Kier alpha value is -1.51. The van der Waals surface area contributed by atoms with Gasteiger partial charge in [0, 0.05) is 0 Å². The van der Waals surface area contributed by atoms with Gasteiger partial charge in [-0.15, -0.1) is 0 Å². The van der Waals surface area contributed by atoms with Crippen molar-refractivity contribution in [3.05, 3.63) is 29.8 Å². The van der Waals surface area contributed by atoms with Crippen molar-refractivity contribution in [3.63, 3.8) is 0 Å². The van der Waals surface area contributed by atoms with E-state index in [-0.39, 0.29) is 5.97 Å². The van der Waals surface area contributed by atoms with Gasteiger partial charge < -0.3 is 9.47 Å². The molecule has 0 aliphatic rings. The fourth-order valence-electron chi connectivity index (χ4n) is 1.34. The Kier molecular flexibility index (Phi) is 5.69. The van der Waals surface area contributed by atoms with Crippen molar-refractivity contribution in [2.75, 3.05) is 13.2 Å². The number of carbonyl (C=O) groups is 1. The number of rotatable bonds is 6. The first-order valence-corrected chi connectivity index (χ1v) is 6.39. The number of hydrogen-bond acceptors (Lipinski definition) is 3. The highest BCUT2D eigenvalue weighted by Crippen LogP contribution is 2.20. The first kappa shape index (κ1) is 14.6. The van der Waals surface area contributed by atoms with Crippen molar-refractivity contribution in [1.82, 2.24) is 0 Å². The lowest BCUT2D eigenvalue weighted by Crippen LogP contribution is -2.13. The van der Waals surface area contributed by atoms with Crippen LogP contribution in [-0.4, -0.2) is 19.2 Å². The topological polar surface area (TPSA) is 35.5 Å². The largest absolute Gasteiger partial charge is 0.492 e. The molecule has 0 radical (unpaired) electrons. The lowest BCUT2D eigenvalue weighted by molar-refractivity contribution is 0.0453. The third-order valence-electron chi connectivity index (χ3n) is 2.23. The molecule has 0 N–H and O–H groups in total. The minimum atomic E-state index is -0.317. The Morgan fingerprint density at radius 3 is 2.28 bits per heavy atom. The monoisotopic (exact) mass is 250 g/mol. The molecule has 0 aromatic heterocycles. The maximum Gasteiger partial charge on any atom is 0.341 e. The van der Waals surface area contributed by atoms with E-state index >= 15 is 0 Å². The Morgan fingerprint density at radius 1 is 1.06 bits per heavy atom. The van der Waals surface area contributed by atoms with E-state index in [9.17, 15) is 4.79 Å². The van der Waals surface area contributed by atoms with Crippen molar-refractivity contribution < 1.29 is 14.3 Å². The highest BCUT2D eigenvalue weighted by Gasteiger charge is 2.14. The molecule has 0 heterocycles. The summed E-state index contributed by atoms with van der Waals surface area (Å²) in [7, 11) is 0. The van der Waals surface area contributed by atoms with Gasteiger partial charge in [-0.1, -0.05) is 39.8 Å². The van der Waals surface area contributed by atoms with Crippen molar-refractivity contribution in [2.24, 2.45) is 11.8 Å². The van der Waals surface area contributed by atoms with E-state index in [4.69, 9.17) is 9.47 Å². The van der Waals surface area contributed by atoms with Crippen LogP contribution in [-0.2, 0) is 4.74 Å². The summed E-state index contributed by atoms with van der Waals surface area (Å²) in [5.74, 6) is 1.03. The predicted octanol–water partition coefficient (Wildman–Crippen LogP) is 3.53. The van der Waals surface area contributed by atoms with Crippen LogP contribution in [0.25, 0.3) is 0 Å². The van der Waals surface area contributed by atoms with Gasteiger partial charge in [0.15, 0.2) is 0 Å². The van der Waals surface area contributed by atoms with E-state index in [1.807, 2.05) is 26.0 Å². The Bertz CT molecular complexity index is 383. The second-order valence-corrected chi connectivity index (χ2v) is 5.19. The molecule has 18 heavy (non-hydrogen) atoms. The summed E-state index contributed by atoms with van der Waals surface area (Å²) in [6.45, 7) is 9.17. The molecule has 100 valence electrons. The SMILES string of the molecule is CC(C)COC(=O)c1ccccc1OCC(C)C. The molecule has 0 amide bonds. The van der Waals surface area contributed by atoms with Gasteiger partial charge in [-0.3, -0.25) is 0 Å². The molecule has 0 aliphatic heterocycles. The highest BCUT2D eigenvalue weighted by atomic mass is 16.5. The van der Waals surface area contributed by atoms with Crippen LogP contribution in [0.15, 0.2) is 24.3 Å². The number of hydrogen-bond donors (Lipinski definition) is 0. The molecular formula is C15H22O3. The van der Waals surface area contributed by atoms with Crippen LogP contribution < -0.4 is 4.74 Å². The second kappa shape index (κ2) is 7.04. The average molecular weight is 250 g/mol. The fraction of sp³-hybridized carbons (Fsp3) is 0.533.